The van der Waals surface area contributed by atoms with E-state index in [0.717, 1.165) is 29.5 Å². The fourth-order valence-electron chi connectivity index (χ4n) is 4.06. The minimum Gasteiger partial charge on any atom is -0.493 e. The number of benzene rings is 2. The Kier molecular flexibility index (Phi) is 6.21. The summed E-state index contributed by atoms with van der Waals surface area (Å²) in [7, 11) is 3.14. The molecule has 3 amide bonds. The molecular formula is C24H28FN3O4. The van der Waals surface area contributed by atoms with Crippen LogP contribution in [0, 0.1) is 5.82 Å². The van der Waals surface area contributed by atoms with E-state index >= 15 is 0 Å². The van der Waals surface area contributed by atoms with E-state index in [2.05, 4.69) is 10.6 Å². The number of halogens is 1. The van der Waals surface area contributed by atoms with Gasteiger partial charge in [-0.05, 0) is 67.1 Å². The molecule has 1 fully saturated rings. The zero-order valence-electron chi connectivity index (χ0n) is 18.5. The normalized spacial score (nSPS) is 18.4. The molecule has 0 aromatic heterocycles. The van der Waals surface area contributed by atoms with Gasteiger partial charge in [-0.2, -0.15) is 0 Å². The van der Waals surface area contributed by atoms with E-state index in [1.807, 2.05) is 12.1 Å². The van der Waals surface area contributed by atoms with Gasteiger partial charge in [-0.3, -0.25) is 4.79 Å². The summed E-state index contributed by atoms with van der Waals surface area (Å²) in [5.41, 5.74) is 2.68. The minimum atomic E-state index is -0.663. The number of fused-ring (bicyclic) bond motifs is 1. The van der Waals surface area contributed by atoms with Crippen LogP contribution in [0.2, 0.25) is 0 Å². The Morgan fingerprint density at radius 2 is 1.75 bits per heavy atom. The highest BCUT2D eigenvalue weighted by Crippen LogP contribution is 2.41. The maximum Gasteiger partial charge on any atom is 0.318 e. The van der Waals surface area contributed by atoms with Crippen molar-refractivity contribution in [3.8, 4) is 11.5 Å². The lowest BCUT2D eigenvalue weighted by Crippen LogP contribution is -2.52. The molecule has 0 spiro atoms. The molecule has 2 aromatic carbocycles. The van der Waals surface area contributed by atoms with Crippen LogP contribution in [-0.2, 0) is 11.2 Å². The quantitative estimate of drug-likeness (QED) is 0.722. The van der Waals surface area contributed by atoms with E-state index in [9.17, 15) is 14.0 Å². The molecule has 2 aromatic rings. The molecule has 32 heavy (non-hydrogen) atoms. The molecule has 4 rings (SSSR count). The van der Waals surface area contributed by atoms with Gasteiger partial charge in [0.1, 0.15) is 11.9 Å². The first-order chi connectivity index (χ1) is 15.4. The number of nitrogens with one attached hydrogen (secondary N) is 2. The van der Waals surface area contributed by atoms with Crippen LogP contribution in [0.4, 0.5) is 9.18 Å². The number of amides is 3. The molecule has 1 heterocycles. The highest BCUT2D eigenvalue weighted by Gasteiger charge is 2.35. The molecule has 0 unspecified atom stereocenters. The summed E-state index contributed by atoms with van der Waals surface area (Å²) in [5, 5.41) is 5.73. The topological polar surface area (TPSA) is 79.9 Å². The summed E-state index contributed by atoms with van der Waals surface area (Å²) in [6.07, 6.45) is 2.57. The maximum atomic E-state index is 13.6. The Balaban J connectivity index is 1.66. The van der Waals surface area contributed by atoms with Crippen molar-refractivity contribution in [1.82, 2.24) is 15.5 Å². The van der Waals surface area contributed by atoms with E-state index in [1.165, 1.54) is 12.1 Å². The van der Waals surface area contributed by atoms with Crippen molar-refractivity contribution in [3.63, 3.8) is 0 Å². The van der Waals surface area contributed by atoms with E-state index < -0.39 is 12.1 Å². The molecule has 0 saturated heterocycles. The zero-order valence-corrected chi connectivity index (χ0v) is 18.5. The standard InChI is InChI=1S/C24H28FN3O4/c1-14(23(29)27-18-8-9-18)26-24(30)28-11-10-16-12-20(31-2)21(32-3)13-19(16)22(28)15-4-6-17(25)7-5-15/h4-7,12-14,18,22H,8-11H2,1-3H3,(H,26,30)(H,27,29)/t14-,22-/m0/s1. The van der Waals surface area contributed by atoms with Gasteiger partial charge >= 0.3 is 6.03 Å². The van der Waals surface area contributed by atoms with Crippen LogP contribution < -0.4 is 20.1 Å². The molecule has 1 saturated carbocycles. The predicted octanol–water partition coefficient (Wildman–Crippen LogP) is 3.17. The highest BCUT2D eigenvalue weighted by molar-refractivity contribution is 5.87. The summed E-state index contributed by atoms with van der Waals surface area (Å²) in [6, 6.07) is 8.65. The second kappa shape index (κ2) is 9.06. The molecule has 8 heteroatoms. The average Bonchev–Trinajstić information content (AvgIpc) is 3.61. The van der Waals surface area contributed by atoms with Gasteiger partial charge in [0.05, 0.1) is 20.3 Å². The molecule has 1 aliphatic heterocycles. The molecule has 2 aliphatic rings. The summed E-state index contributed by atoms with van der Waals surface area (Å²) in [5.74, 6) is 0.631. The molecule has 170 valence electrons. The van der Waals surface area contributed by atoms with Gasteiger partial charge in [-0.1, -0.05) is 12.1 Å². The number of carbonyl (C=O) groups is 2. The van der Waals surface area contributed by atoms with Crippen LogP contribution in [0.25, 0.3) is 0 Å². The van der Waals surface area contributed by atoms with E-state index in [-0.39, 0.29) is 23.8 Å². The lowest BCUT2D eigenvalue weighted by molar-refractivity contribution is -0.122. The maximum absolute atomic E-state index is 13.6. The zero-order chi connectivity index (χ0) is 22.8. The van der Waals surface area contributed by atoms with Crippen molar-refractivity contribution in [2.24, 2.45) is 0 Å². The van der Waals surface area contributed by atoms with Gasteiger partial charge in [0, 0.05) is 12.6 Å². The Morgan fingerprint density at radius 1 is 1.09 bits per heavy atom. The van der Waals surface area contributed by atoms with E-state index in [0.29, 0.717) is 24.5 Å². The third kappa shape index (κ3) is 4.49. The number of methoxy groups -OCH3 is 2. The van der Waals surface area contributed by atoms with E-state index in [1.54, 1.807) is 38.2 Å². The Labute approximate surface area is 186 Å². The number of nitrogens with zero attached hydrogens (tertiary/aromatic N) is 1. The molecule has 7 nitrogen and oxygen atoms in total. The second-order valence-corrected chi connectivity index (χ2v) is 8.26. The van der Waals surface area contributed by atoms with Gasteiger partial charge in [-0.25, -0.2) is 9.18 Å². The van der Waals surface area contributed by atoms with Crippen molar-refractivity contribution in [2.75, 3.05) is 20.8 Å². The summed E-state index contributed by atoms with van der Waals surface area (Å²) >= 11 is 0. The van der Waals surface area contributed by atoms with Crippen molar-refractivity contribution in [1.29, 1.82) is 0 Å². The minimum absolute atomic E-state index is 0.192. The SMILES string of the molecule is COc1cc2c(cc1OC)[C@H](c1ccc(F)cc1)N(C(=O)N[C@@H](C)C(=O)NC1CC1)CC2. The van der Waals surface area contributed by atoms with E-state index in [4.69, 9.17) is 9.47 Å². The number of hydrogen-bond donors (Lipinski definition) is 2. The van der Waals surface area contributed by atoms with Gasteiger partial charge in [0.15, 0.2) is 11.5 Å². The predicted molar refractivity (Wildman–Crippen MR) is 117 cm³/mol. The van der Waals surface area contributed by atoms with Crippen LogP contribution in [0.5, 0.6) is 11.5 Å². The van der Waals surface area contributed by atoms with Gasteiger partial charge in [-0.15, -0.1) is 0 Å². The molecule has 0 radical (unpaired) electrons. The first kappa shape index (κ1) is 21.9. The van der Waals surface area contributed by atoms with Gasteiger partial charge in [0.25, 0.3) is 0 Å². The van der Waals surface area contributed by atoms with Crippen LogP contribution in [0.3, 0.4) is 0 Å². The Hall–Kier alpha value is -3.29. The molecule has 0 bridgehead atoms. The Morgan fingerprint density at radius 3 is 2.38 bits per heavy atom. The van der Waals surface area contributed by atoms with Crippen molar-refractivity contribution < 1.29 is 23.5 Å². The van der Waals surface area contributed by atoms with Crippen molar-refractivity contribution in [2.45, 2.75) is 44.3 Å². The fourth-order valence-corrected chi connectivity index (χ4v) is 4.06. The number of rotatable bonds is 6. The third-order valence-corrected chi connectivity index (χ3v) is 5.98. The smallest absolute Gasteiger partial charge is 0.318 e. The number of hydrogen-bond acceptors (Lipinski definition) is 4. The van der Waals surface area contributed by atoms with Gasteiger partial charge in [0.2, 0.25) is 5.91 Å². The summed E-state index contributed by atoms with van der Waals surface area (Å²) < 4.78 is 24.5. The van der Waals surface area contributed by atoms with Crippen LogP contribution >= 0.6 is 0 Å². The molecule has 2 atom stereocenters. The monoisotopic (exact) mass is 441 g/mol. The number of urea groups is 1. The average molecular weight is 442 g/mol. The van der Waals surface area contributed by atoms with Crippen LogP contribution in [0.1, 0.15) is 42.5 Å². The summed E-state index contributed by atoms with van der Waals surface area (Å²) in [6.45, 7) is 2.11. The lowest BCUT2D eigenvalue weighted by atomic mass is 9.88. The largest absolute Gasteiger partial charge is 0.493 e. The van der Waals surface area contributed by atoms with Gasteiger partial charge < -0.3 is 25.0 Å². The van der Waals surface area contributed by atoms with Crippen molar-refractivity contribution in [3.05, 3.63) is 58.9 Å². The third-order valence-electron chi connectivity index (χ3n) is 5.98. The first-order valence-corrected chi connectivity index (χ1v) is 10.8. The fraction of sp³-hybridized carbons (Fsp3) is 0.417. The molecule has 1 aliphatic carbocycles. The number of carbonyl (C=O) groups excluding carboxylic acids is 2. The first-order valence-electron chi connectivity index (χ1n) is 10.8. The number of ether oxygens (including phenoxy) is 2. The Bertz CT molecular complexity index is 1010. The van der Waals surface area contributed by atoms with Crippen molar-refractivity contribution >= 4 is 11.9 Å². The van der Waals surface area contributed by atoms with Crippen LogP contribution in [0.15, 0.2) is 36.4 Å². The highest BCUT2D eigenvalue weighted by atomic mass is 19.1. The summed E-state index contributed by atoms with van der Waals surface area (Å²) in [4.78, 5) is 27.3. The van der Waals surface area contributed by atoms with Crippen LogP contribution in [-0.4, -0.2) is 49.7 Å². The lowest BCUT2D eigenvalue weighted by Gasteiger charge is -2.38. The second-order valence-electron chi connectivity index (χ2n) is 8.26. The molecule has 2 N–H and O–H groups in total. The molecular weight excluding hydrogens is 413 g/mol.